The summed E-state index contributed by atoms with van der Waals surface area (Å²) in [6.45, 7) is 5.00. The standard InChI is InChI=1S/C18H22FNO4S/c1-3-10-23-17-9-8-15(13-18(17)24-11-4-2)20-25(21,22)16-7-5-6-14(19)12-16/h5-9,12-13,20H,3-4,10-11H2,1-2H3. The van der Waals surface area contributed by atoms with E-state index in [2.05, 4.69) is 4.72 Å². The predicted molar refractivity (Wildman–Crippen MR) is 95.2 cm³/mol. The summed E-state index contributed by atoms with van der Waals surface area (Å²) < 4.78 is 51.7. The summed E-state index contributed by atoms with van der Waals surface area (Å²) in [7, 11) is -3.89. The summed E-state index contributed by atoms with van der Waals surface area (Å²) in [5.41, 5.74) is 0.319. The molecule has 25 heavy (non-hydrogen) atoms. The van der Waals surface area contributed by atoms with E-state index in [0.717, 1.165) is 18.9 Å². The topological polar surface area (TPSA) is 64.6 Å². The van der Waals surface area contributed by atoms with Gasteiger partial charge in [0.05, 0.1) is 23.8 Å². The van der Waals surface area contributed by atoms with Crippen LogP contribution < -0.4 is 14.2 Å². The van der Waals surface area contributed by atoms with Crippen molar-refractivity contribution in [1.29, 1.82) is 0 Å². The Labute approximate surface area is 147 Å². The van der Waals surface area contributed by atoms with Crippen molar-refractivity contribution in [3.63, 3.8) is 0 Å². The Morgan fingerprint density at radius 2 is 1.64 bits per heavy atom. The number of ether oxygens (including phenoxy) is 2. The smallest absolute Gasteiger partial charge is 0.261 e. The van der Waals surface area contributed by atoms with Gasteiger partial charge in [0.1, 0.15) is 5.82 Å². The van der Waals surface area contributed by atoms with Crippen LogP contribution in [0.5, 0.6) is 11.5 Å². The maximum Gasteiger partial charge on any atom is 0.261 e. The van der Waals surface area contributed by atoms with Gasteiger partial charge in [-0.1, -0.05) is 19.9 Å². The lowest BCUT2D eigenvalue weighted by Gasteiger charge is -2.14. The van der Waals surface area contributed by atoms with Gasteiger partial charge < -0.3 is 9.47 Å². The van der Waals surface area contributed by atoms with Gasteiger partial charge in [0.2, 0.25) is 0 Å². The number of benzene rings is 2. The van der Waals surface area contributed by atoms with Gasteiger partial charge in [-0.2, -0.15) is 0 Å². The van der Waals surface area contributed by atoms with E-state index in [9.17, 15) is 12.8 Å². The highest BCUT2D eigenvalue weighted by Crippen LogP contribution is 2.32. The minimum absolute atomic E-state index is 0.144. The fraction of sp³-hybridized carbons (Fsp3) is 0.333. The summed E-state index contributed by atoms with van der Waals surface area (Å²) >= 11 is 0. The van der Waals surface area contributed by atoms with Crippen LogP contribution in [0.15, 0.2) is 47.4 Å². The van der Waals surface area contributed by atoms with Gasteiger partial charge in [0.25, 0.3) is 10.0 Å². The molecule has 0 aliphatic heterocycles. The van der Waals surface area contributed by atoms with Crippen molar-refractivity contribution in [2.45, 2.75) is 31.6 Å². The third-order valence-corrected chi connectivity index (χ3v) is 4.60. The van der Waals surface area contributed by atoms with Crippen LogP contribution in [0.2, 0.25) is 0 Å². The number of nitrogens with one attached hydrogen (secondary N) is 1. The summed E-state index contributed by atoms with van der Waals surface area (Å²) in [5, 5.41) is 0. The molecule has 0 amide bonds. The lowest BCUT2D eigenvalue weighted by Crippen LogP contribution is -2.13. The number of hydrogen-bond donors (Lipinski definition) is 1. The molecule has 0 atom stereocenters. The zero-order valence-electron chi connectivity index (χ0n) is 14.3. The average molecular weight is 367 g/mol. The van der Waals surface area contributed by atoms with Crippen molar-refractivity contribution < 1.29 is 22.3 Å². The summed E-state index contributed by atoms with van der Waals surface area (Å²) in [5.74, 6) is 0.414. The fourth-order valence-corrected chi connectivity index (χ4v) is 3.16. The van der Waals surface area contributed by atoms with E-state index in [0.29, 0.717) is 30.4 Å². The Bertz CT molecular complexity index is 808. The molecular formula is C18H22FNO4S. The molecule has 2 aromatic rings. The molecule has 0 fully saturated rings. The largest absolute Gasteiger partial charge is 0.490 e. The van der Waals surface area contributed by atoms with Crippen LogP contribution in [-0.4, -0.2) is 21.6 Å². The Kier molecular flexibility index (Phi) is 6.64. The number of rotatable bonds is 9. The molecule has 0 spiro atoms. The molecule has 2 rings (SSSR count). The first-order valence-electron chi connectivity index (χ1n) is 8.14. The molecule has 0 saturated carbocycles. The zero-order valence-corrected chi connectivity index (χ0v) is 15.1. The van der Waals surface area contributed by atoms with E-state index in [-0.39, 0.29) is 4.90 Å². The second-order valence-electron chi connectivity index (χ2n) is 5.42. The maximum absolute atomic E-state index is 13.3. The average Bonchev–Trinajstić information content (AvgIpc) is 2.58. The number of anilines is 1. The number of hydrogen-bond acceptors (Lipinski definition) is 4. The molecule has 0 unspecified atom stereocenters. The maximum atomic E-state index is 13.3. The molecule has 7 heteroatoms. The molecule has 136 valence electrons. The van der Waals surface area contributed by atoms with Crippen molar-refractivity contribution in [2.24, 2.45) is 0 Å². The first kappa shape index (κ1) is 19.1. The first-order chi connectivity index (χ1) is 12.0. The van der Waals surface area contributed by atoms with E-state index >= 15 is 0 Å². The number of sulfonamides is 1. The van der Waals surface area contributed by atoms with Gasteiger partial charge in [0, 0.05) is 6.07 Å². The van der Waals surface area contributed by atoms with Gasteiger partial charge >= 0.3 is 0 Å². The monoisotopic (exact) mass is 367 g/mol. The van der Waals surface area contributed by atoms with Crippen molar-refractivity contribution >= 4 is 15.7 Å². The molecule has 2 aromatic carbocycles. The predicted octanol–water partition coefficient (Wildman–Crippen LogP) is 4.20. The van der Waals surface area contributed by atoms with Crippen molar-refractivity contribution in [2.75, 3.05) is 17.9 Å². The van der Waals surface area contributed by atoms with Crippen molar-refractivity contribution in [3.05, 3.63) is 48.3 Å². The van der Waals surface area contributed by atoms with Crippen LogP contribution >= 0.6 is 0 Å². The lowest BCUT2D eigenvalue weighted by molar-refractivity contribution is 0.268. The second-order valence-corrected chi connectivity index (χ2v) is 7.10. The van der Waals surface area contributed by atoms with E-state index in [1.165, 1.54) is 18.2 Å². The quantitative estimate of drug-likeness (QED) is 0.721. The van der Waals surface area contributed by atoms with Crippen LogP contribution in [-0.2, 0) is 10.0 Å². The molecule has 0 saturated heterocycles. The molecule has 5 nitrogen and oxygen atoms in total. The molecular weight excluding hydrogens is 345 g/mol. The van der Waals surface area contributed by atoms with Gasteiger partial charge in [-0.25, -0.2) is 12.8 Å². The van der Waals surface area contributed by atoms with Crippen molar-refractivity contribution in [3.8, 4) is 11.5 Å². The molecule has 0 aromatic heterocycles. The van der Waals surface area contributed by atoms with Crippen LogP contribution in [0.4, 0.5) is 10.1 Å². The minimum Gasteiger partial charge on any atom is -0.490 e. The number of halogens is 1. The SMILES string of the molecule is CCCOc1ccc(NS(=O)(=O)c2cccc(F)c2)cc1OCCC. The Morgan fingerprint density at radius 3 is 2.28 bits per heavy atom. The second kappa shape index (κ2) is 8.71. The van der Waals surface area contributed by atoms with Crippen molar-refractivity contribution in [1.82, 2.24) is 0 Å². The third-order valence-electron chi connectivity index (χ3n) is 3.23. The van der Waals surface area contributed by atoms with E-state index in [4.69, 9.17) is 9.47 Å². The van der Waals surface area contributed by atoms with Gasteiger partial charge in [-0.05, 0) is 43.2 Å². The highest BCUT2D eigenvalue weighted by atomic mass is 32.2. The summed E-state index contributed by atoms with van der Waals surface area (Å²) in [4.78, 5) is -0.144. The molecule has 0 radical (unpaired) electrons. The van der Waals surface area contributed by atoms with E-state index in [1.807, 2.05) is 13.8 Å². The highest BCUT2D eigenvalue weighted by molar-refractivity contribution is 7.92. The van der Waals surface area contributed by atoms with Crippen LogP contribution in [0.3, 0.4) is 0 Å². The summed E-state index contributed by atoms with van der Waals surface area (Å²) in [6, 6.07) is 9.65. The Balaban J connectivity index is 2.26. The third kappa shape index (κ3) is 5.35. The minimum atomic E-state index is -3.89. The molecule has 0 aliphatic rings. The van der Waals surface area contributed by atoms with Crippen LogP contribution in [0, 0.1) is 5.82 Å². The lowest BCUT2D eigenvalue weighted by atomic mass is 10.3. The first-order valence-corrected chi connectivity index (χ1v) is 9.62. The Morgan fingerprint density at radius 1 is 0.960 bits per heavy atom. The molecule has 0 bridgehead atoms. The molecule has 1 N–H and O–H groups in total. The van der Waals surface area contributed by atoms with Crippen LogP contribution in [0.25, 0.3) is 0 Å². The summed E-state index contributed by atoms with van der Waals surface area (Å²) in [6.07, 6.45) is 1.66. The van der Waals surface area contributed by atoms with E-state index in [1.54, 1.807) is 18.2 Å². The van der Waals surface area contributed by atoms with Gasteiger partial charge in [0.15, 0.2) is 11.5 Å². The normalized spacial score (nSPS) is 11.2. The molecule has 0 heterocycles. The van der Waals surface area contributed by atoms with Crippen LogP contribution in [0.1, 0.15) is 26.7 Å². The van der Waals surface area contributed by atoms with Gasteiger partial charge in [-0.15, -0.1) is 0 Å². The Hall–Kier alpha value is -2.28. The molecule has 0 aliphatic carbocycles. The van der Waals surface area contributed by atoms with Gasteiger partial charge in [-0.3, -0.25) is 4.72 Å². The zero-order chi connectivity index (χ0) is 18.3. The highest BCUT2D eigenvalue weighted by Gasteiger charge is 2.16. The fourth-order valence-electron chi connectivity index (χ4n) is 2.08. The van der Waals surface area contributed by atoms with E-state index < -0.39 is 15.8 Å².